The number of hydrogen-bond donors (Lipinski definition) is 3. The second-order valence-corrected chi connectivity index (χ2v) is 29.5. The third-order valence-corrected chi connectivity index (χ3v) is 18.4. The number of carbonyl (C=O) groups excluding carboxylic acids is 4. The summed E-state index contributed by atoms with van der Waals surface area (Å²) in [5.74, 6) is -2.31. The summed E-state index contributed by atoms with van der Waals surface area (Å²) in [7, 11) is -10.00. The molecule has 0 bridgehead atoms. The fourth-order valence-corrected chi connectivity index (χ4v) is 11.9. The summed E-state index contributed by atoms with van der Waals surface area (Å²) in [5, 5.41) is 10.6. The van der Waals surface area contributed by atoms with Crippen molar-refractivity contribution in [3.05, 3.63) is 158 Å². The van der Waals surface area contributed by atoms with Crippen LogP contribution in [0.25, 0.3) is 0 Å². The van der Waals surface area contributed by atoms with Gasteiger partial charge in [-0.1, -0.05) is 288 Å². The minimum absolute atomic E-state index is 0.0303. The third-order valence-electron chi connectivity index (χ3n) is 16.5. The average molecular weight is 1520 g/mol. The van der Waals surface area contributed by atoms with Crippen molar-refractivity contribution in [3.63, 3.8) is 0 Å². The zero-order chi connectivity index (χ0) is 77.4. The maximum Gasteiger partial charge on any atom is 0.472 e. The Morgan fingerprint density at radius 2 is 0.519 bits per heavy atom. The summed E-state index contributed by atoms with van der Waals surface area (Å²) in [6.45, 7) is 4.46. The summed E-state index contributed by atoms with van der Waals surface area (Å²) >= 11 is 0. The predicted octanol–water partition coefficient (Wildman–Crippen LogP) is 24.0. The molecular weight excluding hydrogens is 1380 g/mol. The van der Waals surface area contributed by atoms with E-state index in [1.807, 2.05) is 18.2 Å². The number of ether oxygens (including phenoxy) is 4. The van der Waals surface area contributed by atoms with Crippen LogP contribution in [0.15, 0.2) is 158 Å². The molecule has 3 N–H and O–H groups in total. The Balaban J connectivity index is 5.42. The van der Waals surface area contributed by atoms with Crippen LogP contribution < -0.4 is 0 Å². The molecule has 5 atom stereocenters. The van der Waals surface area contributed by atoms with Gasteiger partial charge < -0.3 is 33.8 Å². The monoisotopic (exact) mass is 1520 g/mol. The molecule has 0 aliphatic rings. The van der Waals surface area contributed by atoms with Crippen LogP contribution in [0.5, 0.6) is 0 Å². The lowest BCUT2D eigenvalue weighted by atomic mass is 10.1. The predicted molar refractivity (Wildman–Crippen MR) is 436 cm³/mol. The van der Waals surface area contributed by atoms with Gasteiger partial charge in [0, 0.05) is 25.7 Å². The average Bonchev–Trinajstić information content (AvgIpc) is 0.901. The number of allylic oxidation sites excluding steroid dienone is 26. The molecule has 17 nitrogen and oxygen atoms in total. The van der Waals surface area contributed by atoms with Gasteiger partial charge in [-0.3, -0.25) is 37.3 Å². The van der Waals surface area contributed by atoms with E-state index in [0.717, 1.165) is 199 Å². The van der Waals surface area contributed by atoms with Crippen molar-refractivity contribution in [2.24, 2.45) is 0 Å². The Morgan fingerprint density at radius 1 is 0.274 bits per heavy atom. The number of carbonyl (C=O) groups is 4. The van der Waals surface area contributed by atoms with Crippen molar-refractivity contribution in [1.29, 1.82) is 0 Å². The minimum Gasteiger partial charge on any atom is -0.462 e. The van der Waals surface area contributed by atoms with Crippen LogP contribution in [-0.4, -0.2) is 96.7 Å². The molecule has 0 rings (SSSR count). The smallest absolute Gasteiger partial charge is 0.462 e. The molecule has 0 saturated carbocycles. The van der Waals surface area contributed by atoms with Gasteiger partial charge in [-0.2, -0.15) is 0 Å². The molecule has 0 amide bonds. The minimum atomic E-state index is -5.00. The summed E-state index contributed by atoms with van der Waals surface area (Å²) in [6.07, 6.45) is 90.9. The molecule has 0 aromatic rings. The zero-order valence-electron chi connectivity index (χ0n) is 66.1. The first kappa shape index (κ1) is 101. The molecule has 0 fully saturated rings. The lowest BCUT2D eigenvalue weighted by Gasteiger charge is -2.21. The normalized spacial score (nSPS) is 14.7. The highest BCUT2D eigenvalue weighted by Gasteiger charge is 2.30. The van der Waals surface area contributed by atoms with E-state index in [1.54, 1.807) is 0 Å². The standard InChI is InChI=1S/C87H144O17P2/c1-5-9-13-17-21-25-29-32-35-38-40-43-45-48-52-55-59-63-67-71-84(89)97-77-82(103-86(91)73-69-65-61-57-51-28-24-20-16-12-8-4)79-101-105(93,94)99-75-81(88)76-100-106(95,96)102-80-83(104-87(92)74-70-66-62-58-54-50-47-42-37-34-31-27-23-19-15-11-7-3)78-98-85(90)72-68-64-60-56-53-49-46-44-41-39-36-33-30-26-22-18-14-10-6-2/h9,11,13,15,20-27,32-37,40-41,43-44,48,52,59,63,81-83,88H,5-8,10,12,14,16-19,28-31,38-39,42,45-47,49-51,53-58,60-62,64-80H2,1-4H3,(H,93,94)(H,95,96)/b13-9-,15-11-,24-20-,25-21-,26-22-,27-23-,35-32-,36-33-,37-34-,43-40-,44-41-,52-48-,63-59-. The van der Waals surface area contributed by atoms with E-state index in [9.17, 15) is 43.2 Å². The number of phosphoric acid groups is 2. The summed E-state index contributed by atoms with van der Waals surface area (Å²) in [5.41, 5.74) is 0. The largest absolute Gasteiger partial charge is 0.472 e. The van der Waals surface area contributed by atoms with E-state index in [1.165, 1.54) is 25.7 Å². The lowest BCUT2D eigenvalue weighted by Crippen LogP contribution is -2.30. The van der Waals surface area contributed by atoms with E-state index >= 15 is 0 Å². The molecule has 0 aliphatic heterocycles. The first-order chi connectivity index (χ1) is 51.7. The molecule has 0 radical (unpaired) electrons. The summed E-state index contributed by atoms with van der Waals surface area (Å²) < 4.78 is 68.5. The number of unbranched alkanes of at least 4 members (excludes halogenated alkanes) is 23. The van der Waals surface area contributed by atoms with Crippen LogP contribution in [0.4, 0.5) is 0 Å². The molecule has 19 heteroatoms. The van der Waals surface area contributed by atoms with Crippen molar-refractivity contribution in [3.8, 4) is 0 Å². The van der Waals surface area contributed by atoms with Gasteiger partial charge in [-0.15, -0.1) is 0 Å². The van der Waals surface area contributed by atoms with Crippen LogP contribution in [0.1, 0.15) is 310 Å². The zero-order valence-corrected chi connectivity index (χ0v) is 67.8. The van der Waals surface area contributed by atoms with Gasteiger partial charge in [0.1, 0.15) is 19.3 Å². The van der Waals surface area contributed by atoms with Gasteiger partial charge >= 0.3 is 39.5 Å². The second-order valence-electron chi connectivity index (χ2n) is 26.6. The Bertz CT molecular complexity index is 2630. The van der Waals surface area contributed by atoms with Gasteiger partial charge in [-0.05, 0) is 154 Å². The van der Waals surface area contributed by atoms with Crippen LogP contribution in [0.3, 0.4) is 0 Å². The molecular formula is C87H144O17P2. The SMILES string of the molecule is CC/C=C\C/C=C\C/C=C\C/C=C\C/C=C\C/C=C\CCC(=O)OCC(COP(=O)(O)OCC(O)COP(=O)(O)OCC(COC(=O)CCCCCCCC/C=C\C/C=C\C/C=C\CCCCC)OC(=O)CCCCCCCCC/C=C\C/C=C\C/C=C\CC)OC(=O)CCCCCCC/C=C\CCCC. The topological polar surface area (TPSA) is 237 Å². The molecule has 0 saturated heterocycles. The third kappa shape index (κ3) is 76.9. The maximum atomic E-state index is 13.1. The quantitative estimate of drug-likeness (QED) is 0.0169. The van der Waals surface area contributed by atoms with E-state index in [-0.39, 0.29) is 25.7 Å². The summed E-state index contributed by atoms with van der Waals surface area (Å²) in [6, 6.07) is 0. The highest BCUT2D eigenvalue weighted by molar-refractivity contribution is 7.47. The van der Waals surface area contributed by atoms with E-state index in [0.29, 0.717) is 32.1 Å². The molecule has 604 valence electrons. The van der Waals surface area contributed by atoms with E-state index < -0.39 is 97.5 Å². The van der Waals surface area contributed by atoms with Crippen molar-refractivity contribution in [2.75, 3.05) is 39.6 Å². The molecule has 0 heterocycles. The van der Waals surface area contributed by atoms with Crippen molar-refractivity contribution in [2.45, 2.75) is 329 Å². The number of hydrogen-bond acceptors (Lipinski definition) is 15. The highest BCUT2D eigenvalue weighted by Crippen LogP contribution is 2.45. The Hall–Kier alpha value is -5.32. The Morgan fingerprint density at radius 3 is 0.849 bits per heavy atom. The fraction of sp³-hybridized carbons (Fsp3) is 0.655. The number of esters is 4. The van der Waals surface area contributed by atoms with Gasteiger partial charge in [0.15, 0.2) is 12.2 Å². The number of rotatable bonds is 75. The van der Waals surface area contributed by atoms with Gasteiger partial charge in [0.2, 0.25) is 0 Å². The number of phosphoric ester groups is 2. The van der Waals surface area contributed by atoms with Crippen LogP contribution in [0.2, 0.25) is 0 Å². The first-order valence-electron chi connectivity index (χ1n) is 40.7. The Kier molecular flexibility index (Phi) is 73.9. The van der Waals surface area contributed by atoms with Gasteiger partial charge in [0.05, 0.1) is 26.4 Å². The van der Waals surface area contributed by atoms with Crippen LogP contribution >= 0.6 is 15.6 Å². The maximum absolute atomic E-state index is 13.1. The Labute approximate surface area is 642 Å². The molecule has 5 unspecified atom stereocenters. The molecule has 106 heavy (non-hydrogen) atoms. The number of aliphatic hydroxyl groups excluding tert-OH is 1. The van der Waals surface area contributed by atoms with E-state index in [4.69, 9.17) is 37.0 Å². The molecule has 0 aromatic heterocycles. The second kappa shape index (κ2) is 77.8. The highest BCUT2D eigenvalue weighted by atomic mass is 31.2. The van der Waals surface area contributed by atoms with Crippen LogP contribution in [-0.2, 0) is 65.4 Å². The lowest BCUT2D eigenvalue weighted by molar-refractivity contribution is -0.161. The van der Waals surface area contributed by atoms with Crippen molar-refractivity contribution in [1.82, 2.24) is 0 Å². The van der Waals surface area contributed by atoms with Crippen molar-refractivity contribution >= 4 is 39.5 Å². The van der Waals surface area contributed by atoms with Gasteiger partial charge in [0.25, 0.3) is 0 Å². The van der Waals surface area contributed by atoms with Crippen molar-refractivity contribution < 1.29 is 80.2 Å². The van der Waals surface area contributed by atoms with E-state index in [2.05, 4.69) is 167 Å². The van der Waals surface area contributed by atoms with Gasteiger partial charge in [-0.25, -0.2) is 9.13 Å². The fourth-order valence-electron chi connectivity index (χ4n) is 10.3. The summed E-state index contributed by atoms with van der Waals surface area (Å²) in [4.78, 5) is 73.0. The first-order valence-corrected chi connectivity index (χ1v) is 43.7. The number of aliphatic hydroxyl groups is 1. The van der Waals surface area contributed by atoms with Crippen LogP contribution in [0, 0.1) is 0 Å². The molecule has 0 spiro atoms. The molecule has 0 aromatic carbocycles. The molecule has 0 aliphatic carbocycles.